The summed E-state index contributed by atoms with van der Waals surface area (Å²) < 4.78 is 8.14. The number of methoxy groups -OCH3 is 1. The number of anilines is 2. The molecule has 0 spiro atoms. The highest BCUT2D eigenvalue weighted by Crippen LogP contribution is 2.31. The molecule has 1 saturated heterocycles. The number of rotatable bonds is 5. The fraction of sp³-hybridized carbons (Fsp3) is 0.280. The molecule has 2 aromatic carbocycles. The molecule has 0 bridgehead atoms. The first-order valence-corrected chi connectivity index (χ1v) is 12.1. The fourth-order valence-corrected chi connectivity index (χ4v) is 4.63. The quantitative estimate of drug-likeness (QED) is 0.414. The monoisotopic (exact) mass is 535 g/mol. The lowest BCUT2D eigenvalue weighted by atomic mass is 10.0. The van der Waals surface area contributed by atoms with Crippen molar-refractivity contribution < 1.29 is 9.53 Å². The molecular formula is C25H26BrN7O2. The van der Waals surface area contributed by atoms with E-state index in [1.807, 2.05) is 48.5 Å². The van der Waals surface area contributed by atoms with Crippen molar-refractivity contribution in [2.75, 3.05) is 45.7 Å². The van der Waals surface area contributed by atoms with Crippen molar-refractivity contribution in [2.45, 2.75) is 0 Å². The molecular weight excluding hydrogens is 510 g/mol. The van der Waals surface area contributed by atoms with Crippen LogP contribution in [0.15, 0.2) is 53.4 Å². The molecule has 3 heterocycles. The van der Waals surface area contributed by atoms with Crippen LogP contribution in [0, 0.1) is 0 Å². The van der Waals surface area contributed by atoms with Gasteiger partial charge >= 0.3 is 0 Å². The Morgan fingerprint density at radius 2 is 1.83 bits per heavy atom. The molecule has 1 aliphatic heterocycles. The van der Waals surface area contributed by atoms with Gasteiger partial charge < -0.3 is 19.9 Å². The van der Waals surface area contributed by atoms with E-state index in [-0.39, 0.29) is 5.91 Å². The number of carbonyl (C=O) groups excluding carboxylic acids is 1. The molecule has 2 aromatic heterocycles. The number of likely N-dealkylation sites (N-methyl/N-ethyl adjacent to an activating group) is 1. The Balaban J connectivity index is 1.52. The summed E-state index contributed by atoms with van der Waals surface area (Å²) in [5.74, 6) is 1.08. The maximum atomic E-state index is 13.4. The highest BCUT2D eigenvalue weighted by Gasteiger charge is 2.22. The minimum Gasteiger partial charge on any atom is -0.494 e. The van der Waals surface area contributed by atoms with Gasteiger partial charge in [-0.15, -0.1) is 0 Å². The molecule has 35 heavy (non-hydrogen) atoms. The van der Waals surface area contributed by atoms with Crippen molar-refractivity contribution in [1.29, 1.82) is 0 Å². The van der Waals surface area contributed by atoms with Gasteiger partial charge in [-0.3, -0.25) is 9.48 Å². The maximum Gasteiger partial charge on any atom is 0.254 e. The third kappa shape index (κ3) is 4.98. The summed E-state index contributed by atoms with van der Waals surface area (Å²) in [7, 11) is 5.56. The van der Waals surface area contributed by atoms with Gasteiger partial charge in [0.05, 0.1) is 13.3 Å². The summed E-state index contributed by atoms with van der Waals surface area (Å²) in [6.07, 6.45) is 5.47. The van der Waals surface area contributed by atoms with E-state index in [0.717, 1.165) is 39.8 Å². The number of aryl methyl sites for hydroxylation is 1. The number of halogens is 1. The van der Waals surface area contributed by atoms with Crippen molar-refractivity contribution in [2.24, 2.45) is 7.05 Å². The molecule has 9 nitrogen and oxygen atoms in total. The Morgan fingerprint density at radius 1 is 1.03 bits per heavy atom. The number of ether oxygens (including phenoxy) is 1. The fourth-order valence-electron chi connectivity index (χ4n) is 4.18. The number of aromatic nitrogens is 4. The van der Waals surface area contributed by atoms with Crippen LogP contribution in [0.5, 0.6) is 5.75 Å². The van der Waals surface area contributed by atoms with Crippen LogP contribution in [0.2, 0.25) is 0 Å². The van der Waals surface area contributed by atoms with E-state index in [1.165, 1.54) is 0 Å². The van der Waals surface area contributed by atoms with Crippen molar-refractivity contribution in [3.05, 3.63) is 59.0 Å². The first kappa shape index (κ1) is 23.3. The van der Waals surface area contributed by atoms with Crippen molar-refractivity contribution in [3.8, 4) is 16.9 Å². The van der Waals surface area contributed by atoms with Gasteiger partial charge in [0, 0.05) is 72.3 Å². The van der Waals surface area contributed by atoms with Gasteiger partial charge in [-0.2, -0.15) is 5.10 Å². The zero-order valence-corrected chi connectivity index (χ0v) is 21.4. The van der Waals surface area contributed by atoms with E-state index >= 15 is 0 Å². The smallest absolute Gasteiger partial charge is 0.254 e. The molecule has 1 N–H and O–H groups in total. The summed E-state index contributed by atoms with van der Waals surface area (Å²) in [6.45, 7) is 3.14. The van der Waals surface area contributed by atoms with Gasteiger partial charge in [0.15, 0.2) is 0 Å². The predicted molar refractivity (Wildman–Crippen MR) is 139 cm³/mol. The van der Waals surface area contributed by atoms with E-state index in [9.17, 15) is 4.79 Å². The lowest BCUT2D eigenvalue weighted by Gasteiger charge is -2.32. The van der Waals surface area contributed by atoms with E-state index in [0.29, 0.717) is 35.9 Å². The average molecular weight is 536 g/mol. The van der Waals surface area contributed by atoms with Crippen LogP contribution in [0.1, 0.15) is 10.4 Å². The third-order valence-electron chi connectivity index (χ3n) is 6.10. The van der Waals surface area contributed by atoms with Crippen LogP contribution in [0.4, 0.5) is 11.6 Å². The highest BCUT2D eigenvalue weighted by molar-refractivity contribution is 9.10. The Bertz CT molecular complexity index is 1400. The van der Waals surface area contributed by atoms with Crippen molar-refractivity contribution in [3.63, 3.8) is 0 Å². The Labute approximate surface area is 211 Å². The summed E-state index contributed by atoms with van der Waals surface area (Å²) in [5, 5.41) is 8.44. The lowest BCUT2D eigenvalue weighted by Crippen LogP contribution is -2.47. The third-order valence-corrected chi connectivity index (χ3v) is 6.56. The number of benzene rings is 2. The number of nitrogens with zero attached hydrogens (tertiary/aromatic N) is 6. The molecule has 0 saturated carbocycles. The Kier molecular flexibility index (Phi) is 6.40. The molecule has 1 fully saturated rings. The Morgan fingerprint density at radius 3 is 2.54 bits per heavy atom. The number of fused-ring (bicyclic) bond motifs is 1. The first-order chi connectivity index (χ1) is 16.9. The summed E-state index contributed by atoms with van der Waals surface area (Å²) in [4.78, 5) is 26.7. The van der Waals surface area contributed by atoms with Gasteiger partial charge in [-0.1, -0.05) is 15.9 Å². The van der Waals surface area contributed by atoms with Gasteiger partial charge in [-0.05, 0) is 42.9 Å². The number of hydrogen-bond donors (Lipinski definition) is 1. The highest BCUT2D eigenvalue weighted by atomic mass is 79.9. The van der Waals surface area contributed by atoms with Gasteiger partial charge in [0.25, 0.3) is 5.91 Å². The second-order valence-electron chi connectivity index (χ2n) is 8.66. The number of nitrogens with one attached hydrogen (secondary N) is 1. The number of hydrogen-bond acceptors (Lipinski definition) is 7. The van der Waals surface area contributed by atoms with Crippen LogP contribution in [0.3, 0.4) is 0 Å². The largest absolute Gasteiger partial charge is 0.494 e. The van der Waals surface area contributed by atoms with Gasteiger partial charge in [0.1, 0.15) is 11.3 Å². The van der Waals surface area contributed by atoms with Crippen LogP contribution < -0.4 is 10.1 Å². The maximum absolute atomic E-state index is 13.4. The summed E-state index contributed by atoms with van der Waals surface area (Å²) in [5.41, 5.74) is 3.85. The lowest BCUT2D eigenvalue weighted by molar-refractivity contribution is 0.0664. The first-order valence-electron chi connectivity index (χ1n) is 11.3. The number of piperazine rings is 1. The molecule has 4 aromatic rings. The van der Waals surface area contributed by atoms with E-state index in [4.69, 9.17) is 4.74 Å². The topological polar surface area (TPSA) is 88.4 Å². The normalized spacial score (nSPS) is 14.3. The molecule has 180 valence electrons. The predicted octanol–water partition coefficient (Wildman–Crippen LogP) is 3.93. The molecule has 0 aliphatic carbocycles. The van der Waals surface area contributed by atoms with Crippen LogP contribution >= 0.6 is 15.9 Å². The molecule has 0 radical (unpaired) electrons. The van der Waals surface area contributed by atoms with Crippen LogP contribution in [-0.4, -0.2) is 75.8 Å². The van der Waals surface area contributed by atoms with E-state index in [1.54, 1.807) is 24.2 Å². The molecule has 5 rings (SSSR count). The minimum absolute atomic E-state index is 0.0119. The standard InChI is InChI=1S/C25H26BrN7O2/c1-31-4-6-33(7-5-31)24(34)17-8-16(19-14-28-32(2)15-19)10-21(11-17)29-25-27-13-18-9-20(26)12-22(35-3)23(18)30-25/h8-15H,4-7H2,1-3H3,(H,27,29,30). The number of amides is 1. The molecule has 1 amide bonds. The molecule has 0 atom stereocenters. The van der Waals surface area contributed by atoms with Crippen molar-refractivity contribution in [1.82, 2.24) is 29.5 Å². The zero-order chi connectivity index (χ0) is 24.5. The molecule has 1 aliphatic rings. The second-order valence-corrected chi connectivity index (χ2v) is 9.58. The van der Waals surface area contributed by atoms with E-state index in [2.05, 4.69) is 48.3 Å². The average Bonchev–Trinajstić information content (AvgIpc) is 3.30. The number of carbonyl (C=O) groups is 1. The zero-order valence-electron chi connectivity index (χ0n) is 19.8. The molecule has 0 unspecified atom stereocenters. The minimum atomic E-state index is 0.0119. The van der Waals surface area contributed by atoms with Crippen LogP contribution in [0.25, 0.3) is 22.0 Å². The van der Waals surface area contributed by atoms with Gasteiger partial charge in [0.2, 0.25) is 5.95 Å². The second kappa shape index (κ2) is 9.63. The van der Waals surface area contributed by atoms with E-state index < -0.39 is 0 Å². The molecule has 10 heteroatoms. The van der Waals surface area contributed by atoms with Gasteiger partial charge in [-0.25, -0.2) is 9.97 Å². The van der Waals surface area contributed by atoms with Crippen molar-refractivity contribution >= 4 is 44.4 Å². The SMILES string of the molecule is COc1cc(Br)cc2cnc(Nc3cc(C(=O)N4CCN(C)CC4)cc(-c4cnn(C)c4)c3)nc12. The Hall–Kier alpha value is -3.50. The summed E-state index contributed by atoms with van der Waals surface area (Å²) in [6, 6.07) is 9.56. The summed E-state index contributed by atoms with van der Waals surface area (Å²) >= 11 is 3.49. The van der Waals surface area contributed by atoms with Crippen LogP contribution in [-0.2, 0) is 7.05 Å².